The second-order valence-corrected chi connectivity index (χ2v) is 4.40. The van der Waals surface area contributed by atoms with Crippen molar-refractivity contribution < 1.29 is 4.74 Å². The minimum atomic E-state index is 0.683. The van der Waals surface area contributed by atoms with Crippen LogP contribution in [0.5, 0.6) is 5.75 Å². The van der Waals surface area contributed by atoms with Gasteiger partial charge in [0.2, 0.25) is 0 Å². The number of methoxy groups -OCH3 is 1. The summed E-state index contributed by atoms with van der Waals surface area (Å²) in [5, 5.41) is 8.00. The van der Waals surface area contributed by atoms with Crippen molar-refractivity contribution in [3.63, 3.8) is 0 Å². The Kier molecular flexibility index (Phi) is 3.73. The first kappa shape index (κ1) is 13.1. The van der Waals surface area contributed by atoms with Crippen LogP contribution in [0.4, 0.5) is 0 Å². The average Bonchev–Trinajstić information content (AvgIpc) is 2.95. The van der Waals surface area contributed by atoms with E-state index in [2.05, 4.69) is 20.2 Å². The molecular formula is C16H14N4O. The Morgan fingerprint density at radius 2 is 1.76 bits per heavy atom. The molecule has 1 aromatic heterocycles. The molecule has 0 amide bonds. The van der Waals surface area contributed by atoms with E-state index in [1.807, 2.05) is 48.5 Å². The van der Waals surface area contributed by atoms with E-state index in [4.69, 9.17) is 4.74 Å². The molecule has 0 atom stereocenters. The Balaban J connectivity index is 1.69. The van der Waals surface area contributed by atoms with Crippen molar-refractivity contribution in [2.45, 2.75) is 0 Å². The van der Waals surface area contributed by atoms with Crippen molar-refractivity contribution in [2.75, 3.05) is 7.11 Å². The van der Waals surface area contributed by atoms with Gasteiger partial charge in [-0.15, -0.1) is 0 Å². The maximum atomic E-state index is 5.09. The number of ether oxygens (including phenoxy) is 1. The number of benzene rings is 2. The first-order valence-corrected chi connectivity index (χ1v) is 6.50. The smallest absolute Gasteiger partial charge is 0.151 e. The molecule has 0 unspecified atom stereocenters. The SMILES string of the molecule is COc1ccc(/C=N/N=C/c2nc3ccccc3[nH]2)cc1. The minimum absolute atomic E-state index is 0.683. The normalized spacial score (nSPS) is 11.7. The Bertz CT molecular complexity index is 754. The molecule has 1 N–H and O–H groups in total. The van der Waals surface area contributed by atoms with Gasteiger partial charge in [0, 0.05) is 0 Å². The zero-order valence-corrected chi connectivity index (χ0v) is 11.5. The van der Waals surface area contributed by atoms with Crippen molar-refractivity contribution in [1.29, 1.82) is 0 Å². The number of H-pyrrole nitrogens is 1. The topological polar surface area (TPSA) is 62.6 Å². The highest BCUT2D eigenvalue weighted by molar-refractivity contribution is 5.84. The first-order valence-electron chi connectivity index (χ1n) is 6.50. The van der Waals surface area contributed by atoms with Gasteiger partial charge in [-0.3, -0.25) is 0 Å². The number of nitrogens with one attached hydrogen (secondary N) is 1. The number of hydrogen-bond acceptors (Lipinski definition) is 4. The van der Waals surface area contributed by atoms with E-state index in [1.54, 1.807) is 19.5 Å². The Morgan fingerprint density at radius 1 is 1.00 bits per heavy atom. The second-order valence-electron chi connectivity index (χ2n) is 4.40. The molecule has 0 fully saturated rings. The predicted octanol–water partition coefficient (Wildman–Crippen LogP) is 3.02. The zero-order valence-electron chi connectivity index (χ0n) is 11.5. The third-order valence-corrected chi connectivity index (χ3v) is 2.98. The lowest BCUT2D eigenvalue weighted by atomic mass is 10.2. The van der Waals surface area contributed by atoms with Crippen molar-refractivity contribution >= 4 is 23.5 Å². The van der Waals surface area contributed by atoms with Crippen LogP contribution in [0.3, 0.4) is 0 Å². The summed E-state index contributed by atoms with van der Waals surface area (Å²) in [7, 11) is 1.64. The molecule has 0 aliphatic heterocycles. The van der Waals surface area contributed by atoms with E-state index < -0.39 is 0 Å². The van der Waals surface area contributed by atoms with Crippen LogP contribution in [0.15, 0.2) is 58.7 Å². The second kappa shape index (κ2) is 6.00. The molecule has 0 saturated heterocycles. The summed E-state index contributed by atoms with van der Waals surface area (Å²) in [5.74, 6) is 1.50. The fourth-order valence-electron chi connectivity index (χ4n) is 1.91. The van der Waals surface area contributed by atoms with Gasteiger partial charge in [-0.1, -0.05) is 12.1 Å². The quantitative estimate of drug-likeness (QED) is 0.589. The number of aromatic amines is 1. The lowest BCUT2D eigenvalue weighted by Crippen LogP contribution is -1.85. The predicted molar refractivity (Wildman–Crippen MR) is 84.3 cm³/mol. The molecule has 0 aliphatic carbocycles. The van der Waals surface area contributed by atoms with Crippen molar-refractivity contribution in [1.82, 2.24) is 9.97 Å². The molecule has 0 bridgehead atoms. The third-order valence-electron chi connectivity index (χ3n) is 2.98. The highest BCUT2D eigenvalue weighted by atomic mass is 16.5. The summed E-state index contributed by atoms with van der Waals surface area (Å²) >= 11 is 0. The Morgan fingerprint density at radius 3 is 2.52 bits per heavy atom. The van der Waals surface area contributed by atoms with Crippen molar-refractivity contribution in [3.8, 4) is 5.75 Å². The fourth-order valence-corrected chi connectivity index (χ4v) is 1.91. The van der Waals surface area contributed by atoms with Gasteiger partial charge in [0.15, 0.2) is 5.82 Å². The number of imidazole rings is 1. The van der Waals surface area contributed by atoms with Crippen LogP contribution in [0.25, 0.3) is 11.0 Å². The minimum Gasteiger partial charge on any atom is -0.497 e. The van der Waals surface area contributed by atoms with E-state index in [1.165, 1.54) is 0 Å². The highest BCUT2D eigenvalue weighted by Crippen LogP contribution is 2.10. The van der Waals surface area contributed by atoms with Gasteiger partial charge < -0.3 is 9.72 Å². The van der Waals surface area contributed by atoms with Crippen LogP contribution in [0, 0.1) is 0 Å². The van der Waals surface area contributed by atoms with Crippen LogP contribution in [-0.4, -0.2) is 29.5 Å². The van der Waals surface area contributed by atoms with E-state index in [0.29, 0.717) is 5.82 Å². The lowest BCUT2D eigenvalue weighted by Gasteiger charge is -1.97. The molecule has 5 heteroatoms. The Hall–Kier alpha value is -2.95. The first-order chi connectivity index (χ1) is 10.3. The van der Waals surface area contributed by atoms with Crippen LogP contribution >= 0.6 is 0 Å². The van der Waals surface area contributed by atoms with Gasteiger partial charge >= 0.3 is 0 Å². The molecule has 21 heavy (non-hydrogen) atoms. The molecule has 3 aromatic rings. The van der Waals surface area contributed by atoms with Crippen LogP contribution in [-0.2, 0) is 0 Å². The monoisotopic (exact) mass is 278 g/mol. The standard InChI is InChI=1S/C16H14N4O/c1-21-13-8-6-12(7-9-13)10-17-18-11-16-19-14-4-2-3-5-15(14)20-16/h2-11H,1H3,(H,19,20)/b17-10+,18-11+. The molecule has 0 saturated carbocycles. The number of hydrogen-bond donors (Lipinski definition) is 1. The van der Waals surface area contributed by atoms with Gasteiger partial charge in [0.1, 0.15) is 5.75 Å². The average molecular weight is 278 g/mol. The fraction of sp³-hybridized carbons (Fsp3) is 0.0625. The summed E-state index contributed by atoms with van der Waals surface area (Å²) in [5.41, 5.74) is 2.86. The molecule has 1 heterocycles. The number of fused-ring (bicyclic) bond motifs is 1. The summed E-state index contributed by atoms with van der Waals surface area (Å²) in [6.07, 6.45) is 3.28. The zero-order chi connectivity index (χ0) is 14.5. The van der Waals surface area contributed by atoms with E-state index in [0.717, 1.165) is 22.3 Å². The lowest BCUT2D eigenvalue weighted by molar-refractivity contribution is 0.415. The maximum Gasteiger partial charge on any atom is 0.151 e. The maximum absolute atomic E-state index is 5.09. The molecule has 0 aliphatic rings. The number of aromatic nitrogens is 2. The van der Waals surface area contributed by atoms with Crippen LogP contribution in [0.1, 0.15) is 11.4 Å². The van der Waals surface area contributed by atoms with Gasteiger partial charge in [-0.25, -0.2) is 4.98 Å². The Labute approximate surface area is 122 Å². The molecule has 104 valence electrons. The summed E-state index contributed by atoms with van der Waals surface area (Å²) in [6.45, 7) is 0. The summed E-state index contributed by atoms with van der Waals surface area (Å²) < 4.78 is 5.09. The highest BCUT2D eigenvalue weighted by Gasteiger charge is 1.97. The number of para-hydroxylation sites is 2. The largest absolute Gasteiger partial charge is 0.497 e. The molecule has 2 aromatic carbocycles. The van der Waals surface area contributed by atoms with Crippen molar-refractivity contribution in [3.05, 3.63) is 59.9 Å². The molecule has 5 nitrogen and oxygen atoms in total. The van der Waals surface area contributed by atoms with E-state index in [-0.39, 0.29) is 0 Å². The van der Waals surface area contributed by atoms with Crippen LogP contribution < -0.4 is 4.74 Å². The number of rotatable bonds is 4. The molecular weight excluding hydrogens is 264 g/mol. The van der Waals surface area contributed by atoms with E-state index >= 15 is 0 Å². The van der Waals surface area contributed by atoms with Gasteiger partial charge in [-0.2, -0.15) is 10.2 Å². The van der Waals surface area contributed by atoms with Gasteiger partial charge in [0.05, 0.1) is 30.6 Å². The molecule has 0 radical (unpaired) electrons. The summed E-state index contributed by atoms with van der Waals surface area (Å²) in [4.78, 5) is 7.54. The van der Waals surface area contributed by atoms with Crippen molar-refractivity contribution in [2.24, 2.45) is 10.2 Å². The molecule has 3 rings (SSSR count). The van der Waals surface area contributed by atoms with Gasteiger partial charge in [-0.05, 0) is 42.0 Å². The van der Waals surface area contributed by atoms with E-state index in [9.17, 15) is 0 Å². The number of nitrogens with zero attached hydrogens (tertiary/aromatic N) is 3. The summed E-state index contributed by atoms with van der Waals surface area (Å²) in [6, 6.07) is 15.4. The molecule has 0 spiro atoms. The third kappa shape index (κ3) is 3.14. The van der Waals surface area contributed by atoms with Crippen LogP contribution in [0.2, 0.25) is 0 Å². The van der Waals surface area contributed by atoms with Gasteiger partial charge in [0.25, 0.3) is 0 Å².